The monoisotopic (exact) mass is 364 g/mol. The van der Waals surface area contributed by atoms with E-state index in [1.54, 1.807) is 30.0 Å². The van der Waals surface area contributed by atoms with Gasteiger partial charge in [-0.15, -0.1) is 0 Å². The van der Waals surface area contributed by atoms with Crippen molar-refractivity contribution >= 4 is 16.8 Å². The number of piperidine rings is 1. The fourth-order valence-electron chi connectivity index (χ4n) is 3.70. The molecule has 1 aliphatic heterocycles. The van der Waals surface area contributed by atoms with E-state index >= 15 is 0 Å². The molecule has 0 spiro atoms. The summed E-state index contributed by atoms with van der Waals surface area (Å²) in [5, 5.41) is 0.564. The van der Waals surface area contributed by atoms with Crippen LogP contribution in [0.2, 0.25) is 0 Å². The van der Waals surface area contributed by atoms with Crippen LogP contribution in [-0.2, 0) is 0 Å². The molecule has 1 saturated heterocycles. The van der Waals surface area contributed by atoms with Crippen LogP contribution in [0.15, 0.2) is 46.0 Å². The Bertz CT molecular complexity index is 1130. The Labute approximate surface area is 155 Å². The van der Waals surface area contributed by atoms with E-state index < -0.39 is 0 Å². The molecule has 0 unspecified atom stereocenters. The summed E-state index contributed by atoms with van der Waals surface area (Å²) in [5.74, 6) is 0.375. The number of aryl methyl sites for hydroxylation is 1. The number of hydrogen-bond acceptors (Lipinski definition) is 4. The highest BCUT2D eigenvalue weighted by Crippen LogP contribution is 2.25. The summed E-state index contributed by atoms with van der Waals surface area (Å²) in [7, 11) is 0. The van der Waals surface area contributed by atoms with Gasteiger partial charge in [-0.3, -0.25) is 14.4 Å². The van der Waals surface area contributed by atoms with Crippen LogP contribution in [0.3, 0.4) is 0 Å². The van der Waals surface area contributed by atoms with E-state index in [1.165, 1.54) is 12.1 Å². The largest absolute Gasteiger partial charge is 0.350 e. The molecule has 3 aromatic rings. The molecular formula is C20H20N4O3. The lowest BCUT2D eigenvalue weighted by Crippen LogP contribution is -2.40. The van der Waals surface area contributed by atoms with Crippen LogP contribution in [0.1, 0.15) is 40.8 Å². The maximum Gasteiger partial charge on any atom is 0.270 e. The number of nitrogens with one attached hydrogen (secondary N) is 2. The van der Waals surface area contributed by atoms with Gasteiger partial charge >= 0.3 is 0 Å². The first-order valence-corrected chi connectivity index (χ1v) is 9.00. The third-order valence-corrected chi connectivity index (χ3v) is 4.97. The fourth-order valence-corrected chi connectivity index (χ4v) is 3.70. The zero-order chi connectivity index (χ0) is 19.0. The number of rotatable bonds is 2. The first-order valence-electron chi connectivity index (χ1n) is 9.00. The Morgan fingerprint density at radius 3 is 2.81 bits per heavy atom. The first-order chi connectivity index (χ1) is 13.0. The number of likely N-dealkylation sites (tertiary alicyclic amines) is 1. The molecule has 1 aliphatic rings. The van der Waals surface area contributed by atoms with E-state index in [4.69, 9.17) is 0 Å². The molecule has 0 saturated carbocycles. The number of para-hydroxylation sites is 1. The highest BCUT2D eigenvalue weighted by Gasteiger charge is 2.27. The van der Waals surface area contributed by atoms with Gasteiger partial charge in [0.05, 0.1) is 5.69 Å². The Balaban J connectivity index is 1.62. The lowest BCUT2D eigenvalue weighted by atomic mass is 9.94. The second kappa shape index (κ2) is 6.83. The van der Waals surface area contributed by atoms with E-state index in [2.05, 4.69) is 15.0 Å². The Morgan fingerprint density at radius 1 is 1.19 bits per heavy atom. The molecule has 2 N–H and O–H groups in total. The van der Waals surface area contributed by atoms with Gasteiger partial charge < -0.3 is 14.9 Å². The van der Waals surface area contributed by atoms with Gasteiger partial charge in [-0.2, -0.15) is 0 Å². The van der Waals surface area contributed by atoms with Gasteiger partial charge in [0.25, 0.3) is 11.5 Å². The van der Waals surface area contributed by atoms with Crippen molar-refractivity contribution in [3.63, 3.8) is 0 Å². The van der Waals surface area contributed by atoms with E-state index in [0.29, 0.717) is 35.5 Å². The zero-order valence-electron chi connectivity index (χ0n) is 15.0. The third kappa shape index (κ3) is 3.40. The topological polar surface area (TPSA) is 98.9 Å². The normalized spacial score (nSPS) is 17.2. The zero-order valence-corrected chi connectivity index (χ0v) is 15.0. The molecular weight excluding hydrogens is 344 g/mol. The van der Waals surface area contributed by atoms with E-state index in [0.717, 1.165) is 12.8 Å². The Kier molecular flexibility index (Phi) is 4.35. The number of aromatic nitrogens is 3. The summed E-state index contributed by atoms with van der Waals surface area (Å²) >= 11 is 0. The summed E-state index contributed by atoms with van der Waals surface area (Å²) < 4.78 is 0. The average Bonchev–Trinajstić information content (AvgIpc) is 2.67. The SMILES string of the molecule is Cc1nc([C@@H]2CCCN(C(=O)c3cc(=O)c4ccccc4[nH]3)C2)cc(=O)[nH]1. The van der Waals surface area contributed by atoms with E-state index in [9.17, 15) is 14.4 Å². The smallest absolute Gasteiger partial charge is 0.270 e. The molecule has 1 fully saturated rings. The van der Waals surface area contributed by atoms with Crippen molar-refractivity contribution in [2.24, 2.45) is 0 Å². The quantitative estimate of drug-likeness (QED) is 0.726. The minimum absolute atomic E-state index is 0.0101. The van der Waals surface area contributed by atoms with Crippen LogP contribution in [-0.4, -0.2) is 38.8 Å². The molecule has 1 atom stereocenters. The number of fused-ring (bicyclic) bond motifs is 1. The lowest BCUT2D eigenvalue weighted by molar-refractivity contribution is 0.0700. The number of amides is 1. The standard InChI is InChI=1S/C20H20N4O3/c1-12-21-16(10-19(26)22-12)13-5-4-8-24(11-13)20(27)17-9-18(25)14-6-2-3-7-15(14)23-17/h2-3,6-7,9-10,13H,4-5,8,11H2,1H3,(H,23,25)(H,21,22,26)/t13-/m1/s1. The molecule has 138 valence electrons. The van der Waals surface area contributed by atoms with Crippen molar-refractivity contribution in [1.29, 1.82) is 0 Å². The molecule has 3 heterocycles. The maximum atomic E-state index is 13.0. The third-order valence-electron chi connectivity index (χ3n) is 4.97. The van der Waals surface area contributed by atoms with Gasteiger partial charge in [0, 0.05) is 42.0 Å². The summed E-state index contributed by atoms with van der Waals surface area (Å²) in [4.78, 5) is 48.9. The number of nitrogens with zero attached hydrogens (tertiary/aromatic N) is 2. The van der Waals surface area contributed by atoms with Crippen LogP contribution in [0.5, 0.6) is 0 Å². The Hall–Kier alpha value is -3.22. The van der Waals surface area contributed by atoms with Gasteiger partial charge in [-0.1, -0.05) is 12.1 Å². The van der Waals surface area contributed by atoms with Crippen molar-refractivity contribution < 1.29 is 4.79 Å². The molecule has 1 amide bonds. The summed E-state index contributed by atoms with van der Waals surface area (Å²) in [5.41, 5.74) is 1.29. The van der Waals surface area contributed by atoms with Gasteiger partial charge in [0.15, 0.2) is 5.43 Å². The summed E-state index contributed by atoms with van der Waals surface area (Å²) in [6, 6.07) is 10.0. The van der Waals surface area contributed by atoms with E-state index in [1.807, 2.05) is 6.07 Å². The molecule has 0 bridgehead atoms. The van der Waals surface area contributed by atoms with Crippen molar-refractivity contribution in [3.05, 3.63) is 74.2 Å². The van der Waals surface area contributed by atoms with Gasteiger partial charge in [0.2, 0.25) is 0 Å². The highest BCUT2D eigenvalue weighted by atomic mass is 16.2. The molecule has 7 nitrogen and oxygen atoms in total. The van der Waals surface area contributed by atoms with Gasteiger partial charge in [-0.05, 0) is 31.9 Å². The lowest BCUT2D eigenvalue weighted by Gasteiger charge is -2.32. The molecule has 4 rings (SSSR count). The van der Waals surface area contributed by atoms with Crippen LogP contribution in [0.4, 0.5) is 0 Å². The summed E-state index contributed by atoms with van der Waals surface area (Å²) in [6.45, 7) is 2.84. The average molecular weight is 364 g/mol. The molecule has 0 radical (unpaired) electrons. The number of hydrogen-bond donors (Lipinski definition) is 2. The predicted octanol–water partition coefficient (Wildman–Crippen LogP) is 1.94. The number of H-pyrrole nitrogens is 2. The molecule has 2 aromatic heterocycles. The van der Waals surface area contributed by atoms with Crippen molar-refractivity contribution in [2.45, 2.75) is 25.7 Å². The number of carbonyl (C=O) groups excluding carboxylic acids is 1. The maximum absolute atomic E-state index is 13.0. The second-order valence-electron chi connectivity index (χ2n) is 6.94. The van der Waals surface area contributed by atoms with Crippen molar-refractivity contribution in [1.82, 2.24) is 19.9 Å². The molecule has 7 heteroatoms. The van der Waals surface area contributed by atoms with Crippen molar-refractivity contribution in [3.8, 4) is 0 Å². The summed E-state index contributed by atoms with van der Waals surface area (Å²) in [6.07, 6.45) is 1.69. The molecule has 1 aromatic carbocycles. The second-order valence-corrected chi connectivity index (χ2v) is 6.94. The number of pyridine rings is 1. The van der Waals surface area contributed by atoms with Crippen LogP contribution < -0.4 is 11.0 Å². The van der Waals surface area contributed by atoms with Crippen molar-refractivity contribution in [2.75, 3.05) is 13.1 Å². The van der Waals surface area contributed by atoms with Crippen LogP contribution >= 0.6 is 0 Å². The van der Waals surface area contributed by atoms with Gasteiger partial charge in [0.1, 0.15) is 11.5 Å². The first kappa shape index (κ1) is 17.2. The minimum atomic E-state index is -0.205. The number of carbonyl (C=O) groups is 1. The highest BCUT2D eigenvalue weighted by molar-refractivity contribution is 5.95. The van der Waals surface area contributed by atoms with E-state index in [-0.39, 0.29) is 28.5 Å². The van der Waals surface area contributed by atoms with Crippen LogP contribution in [0, 0.1) is 6.92 Å². The minimum Gasteiger partial charge on any atom is -0.350 e. The number of benzene rings is 1. The predicted molar refractivity (Wildman–Crippen MR) is 102 cm³/mol. The molecule has 0 aliphatic carbocycles. The number of aromatic amines is 2. The van der Waals surface area contributed by atoms with Crippen LogP contribution in [0.25, 0.3) is 10.9 Å². The fraction of sp³-hybridized carbons (Fsp3) is 0.300. The molecule has 27 heavy (non-hydrogen) atoms. The Morgan fingerprint density at radius 2 is 2.00 bits per heavy atom. The van der Waals surface area contributed by atoms with Gasteiger partial charge in [-0.25, -0.2) is 4.98 Å².